The van der Waals surface area contributed by atoms with Crippen molar-refractivity contribution in [3.63, 3.8) is 0 Å². The molecule has 3 aromatic rings. The van der Waals surface area contributed by atoms with Crippen LogP contribution in [-0.2, 0) is 10.0 Å². The van der Waals surface area contributed by atoms with E-state index < -0.39 is 28.1 Å². The highest BCUT2D eigenvalue weighted by Gasteiger charge is 2.50. The van der Waals surface area contributed by atoms with E-state index in [1.165, 1.54) is 18.2 Å². The summed E-state index contributed by atoms with van der Waals surface area (Å²) < 4.78 is 26.6. The summed E-state index contributed by atoms with van der Waals surface area (Å²) >= 11 is 1.08. The third-order valence-corrected chi connectivity index (χ3v) is 7.92. The van der Waals surface area contributed by atoms with E-state index in [1.54, 1.807) is 18.2 Å². The lowest BCUT2D eigenvalue weighted by molar-refractivity contribution is 0.0702. The molecule has 1 saturated carbocycles. The Morgan fingerprint density at radius 2 is 1.60 bits per heavy atom. The van der Waals surface area contributed by atoms with E-state index in [-0.39, 0.29) is 15.7 Å². The maximum absolute atomic E-state index is 13.0. The molecule has 1 fully saturated rings. The maximum Gasteiger partial charge on any atom is 0.421 e. The van der Waals surface area contributed by atoms with Gasteiger partial charge in [-0.1, -0.05) is 42.5 Å². The number of carbonyl (C=O) groups is 2. The zero-order valence-electron chi connectivity index (χ0n) is 15.5. The van der Waals surface area contributed by atoms with Crippen molar-refractivity contribution in [2.75, 3.05) is 0 Å². The summed E-state index contributed by atoms with van der Waals surface area (Å²) in [6.07, 6.45) is -1.06. The molecule has 4 rings (SSSR count). The van der Waals surface area contributed by atoms with Gasteiger partial charge in [-0.05, 0) is 41.8 Å². The highest BCUT2D eigenvalue weighted by atomic mass is 32.2. The van der Waals surface area contributed by atoms with Crippen molar-refractivity contribution in [2.45, 2.75) is 23.3 Å². The predicted octanol–water partition coefficient (Wildman–Crippen LogP) is 4.34. The Morgan fingerprint density at radius 3 is 2.17 bits per heavy atom. The molecule has 0 aliphatic heterocycles. The highest BCUT2D eigenvalue weighted by Crippen LogP contribution is 2.46. The van der Waals surface area contributed by atoms with E-state index >= 15 is 0 Å². The van der Waals surface area contributed by atoms with Crippen molar-refractivity contribution < 1.29 is 28.2 Å². The van der Waals surface area contributed by atoms with Crippen LogP contribution in [0.2, 0.25) is 0 Å². The Hall–Kier alpha value is -3.17. The zero-order valence-corrected chi connectivity index (χ0v) is 17.1. The van der Waals surface area contributed by atoms with Crippen LogP contribution in [0.25, 0.3) is 10.4 Å². The summed E-state index contributed by atoms with van der Waals surface area (Å²) in [6, 6.07) is 17.5. The lowest BCUT2D eigenvalue weighted by Crippen LogP contribution is -2.38. The molecule has 0 radical (unpaired) electrons. The number of benzene rings is 2. The predicted molar refractivity (Wildman–Crippen MR) is 111 cm³/mol. The van der Waals surface area contributed by atoms with Crippen LogP contribution in [-0.4, -0.2) is 41.0 Å². The van der Waals surface area contributed by atoms with Gasteiger partial charge in [0, 0.05) is 10.8 Å². The molecule has 1 aliphatic rings. The summed E-state index contributed by atoms with van der Waals surface area (Å²) in [4.78, 5) is 23.6. The lowest BCUT2D eigenvalue weighted by Gasteiger charge is -2.20. The Morgan fingerprint density at radius 1 is 0.933 bits per heavy atom. The van der Waals surface area contributed by atoms with Crippen LogP contribution in [0.4, 0.5) is 4.79 Å². The number of hydrogen-bond donors (Lipinski definition) is 2. The van der Waals surface area contributed by atoms with Crippen molar-refractivity contribution >= 4 is 33.4 Å². The van der Waals surface area contributed by atoms with Gasteiger partial charge in [-0.3, -0.25) is 0 Å². The summed E-state index contributed by atoms with van der Waals surface area (Å²) in [5.74, 6) is -1.18. The van der Waals surface area contributed by atoms with Crippen LogP contribution < -0.4 is 0 Å². The van der Waals surface area contributed by atoms with Crippen molar-refractivity contribution in [2.24, 2.45) is 0 Å². The zero-order chi connectivity index (χ0) is 21.5. The van der Waals surface area contributed by atoms with Gasteiger partial charge < -0.3 is 10.2 Å². The molecular weight excluding hydrogens is 426 g/mol. The van der Waals surface area contributed by atoms with Crippen LogP contribution in [0.1, 0.15) is 27.6 Å². The number of sulfonamides is 1. The second-order valence-electron chi connectivity index (χ2n) is 6.90. The van der Waals surface area contributed by atoms with Gasteiger partial charge in [0.05, 0.1) is 10.9 Å². The van der Waals surface area contributed by atoms with Gasteiger partial charge in [-0.15, -0.1) is 11.3 Å². The largest absolute Gasteiger partial charge is 0.477 e. The average molecular weight is 444 g/mol. The number of hydrogen-bond acceptors (Lipinski definition) is 5. The molecule has 1 aliphatic carbocycles. The highest BCUT2D eigenvalue weighted by molar-refractivity contribution is 7.89. The molecule has 0 bridgehead atoms. The molecule has 0 spiro atoms. The van der Waals surface area contributed by atoms with E-state index in [4.69, 9.17) is 5.11 Å². The number of rotatable bonds is 6. The maximum atomic E-state index is 13.0. The number of carboxylic acids is 1. The van der Waals surface area contributed by atoms with Crippen LogP contribution in [0.5, 0.6) is 0 Å². The molecule has 1 aromatic heterocycles. The van der Waals surface area contributed by atoms with E-state index in [0.717, 1.165) is 16.9 Å². The first-order chi connectivity index (χ1) is 14.3. The van der Waals surface area contributed by atoms with Crippen LogP contribution >= 0.6 is 11.3 Å². The number of aromatic carboxylic acids is 1. The van der Waals surface area contributed by atoms with Gasteiger partial charge in [0.1, 0.15) is 4.88 Å². The molecule has 9 heteroatoms. The fourth-order valence-electron chi connectivity index (χ4n) is 3.43. The van der Waals surface area contributed by atoms with Gasteiger partial charge in [0.25, 0.3) is 10.0 Å². The third-order valence-electron chi connectivity index (χ3n) is 4.99. The molecule has 1 heterocycles. The van der Waals surface area contributed by atoms with Crippen LogP contribution in [0.15, 0.2) is 71.6 Å². The van der Waals surface area contributed by atoms with Crippen molar-refractivity contribution in [3.05, 3.63) is 77.2 Å². The second-order valence-corrected chi connectivity index (χ2v) is 9.80. The molecule has 1 amide bonds. The average Bonchev–Trinajstić information content (AvgIpc) is 3.31. The summed E-state index contributed by atoms with van der Waals surface area (Å²) in [7, 11) is -4.24. The minimum absolute atomic E-state index is 0.123. The van der Waals surface area contributed by atoms with E-state index in [2.05, 4.69) is 0 Å². The standard InChI is InChI=1S/C21H17NO6S2/c23-20(24)19-11-10-18(29-19)14-6-8-15(9-7-14)30(27,28)22(21(25)26)17-12-16(17)13-4-2-1-3-5-13/h1-11,16-17H,12H2,(H,23,24)(H,25,26)/t16-,17+/m0/s1. The molecule has 7 nitrogen and oxygen atoms in total. The van der Waals surface area contributed by atoms with Crippen molar-refractivity contribution in [1.29, 1.82) is 0 Å². The van der Waals surface area contributed by atoms with Crippen LogP contribution in [0, 0.1) is 0 Å². The first-order valence-electron chi connectivity index (χ1n) is 9.05. The summed E-state index contributed by atoms with van der Waals surface area (Å²) in [5, 5.41) is 18.7. The number of thiophene rings is 1. The summed E-state index contributed by atoms with van der Waals surface area (Å²) in [5.41, 5.74) is 1.56. The number of amides is 1. The number of carboxylic acid groups (broad SMARTS) is 2. The minimum atomic E-state index is -4.24. The number of nitrogens with zero attached hydrogens (tertiary/aromatic N) is 1. The Labute approximate surface area is 176 Å². The van der Waals surface area contributed by atoms with Crippen molar-refractivity contribution in [1.82, 2.24) is 4.31 Å². The monoisotopic (exact) mass is 443 g/mol. The topological polar surface area (TPSA) is 112 Å². The van der Waals surface area contributed by atoms with E-state index in [0.29, 0.717) is 21.2 Å². The van der Waals surface area contributed by atoms with Gasteiger partial charge in [0.15, 0.2) is 0 Å². The molecular formula is C21H17NO6S2. The van der Waals surface area contributed by atoms with Gasteiger partial charge in [0.2, 0.25) is 0 Å². The third kappa shape index (κ3) is 3.69. The lowest BCUT2D eigenvalue weighted by atomic mass is 10.1. The van der Waals surface area contributed by atoms with E-state index in [1.807, 2.05) is 30.3 Å². The molecule has 154 valence electrons. The van der Waals surface area contributed by atoms with Crippen molar-refractivity contribution in [3.8, 4) is 10.4 Å². The Balaban J connectivity index is 1.59. The molecule has 2 aromatic carbocycles. The molecule has 30 heavy (non-hydrogen) atoms. The molecule has 2 atom stereocenters. The fraction of sp³-hybridized carbons (Fsp3) is 0.143. The second kappa shape index (κ2) is 7.58. The van der Waals surface area contributed by atoms with Crippen LogP contribution in [0.3, 0.4) is 0 Å². The first-order valence-corrected chi connectivity index (χ1v) is 11.3. The van der Waals surface area contributed by atoms with Gasteiger partial charge in [-0.25, -0.2) is 18.0 Å². The molecule has 2 N–H and O–H groups in total. The molecule has 0 saturated heterocycles. The Kier molecular flexibility index (Phi) is 5.08. The fourth-order valence-corrected chi connectivity index (χ4v) is 5.79. The smallest absolute Gasteiger partial charge is 0.421 e. The normalized spacial score (nSPS) is 18.0. The summed E-state index contributed by atoms with van der Waals surface area (Å²) in [6.45, 7) is 0. The SMILES string of the molecule is O=C(O)c1ccc(-c2ccc(S(=O)(=O)N(C(=O)O)[C@@H]3C[C@H]3c3ccccc3)cc2)s1. The molecule has 0 unspecified atom stereocenters. The Bertz CT molecular complexity index is 1200. The first kappa shape index (κ1) is 20.1. The van der Waals surface area contributed by atoms with Gasteiger partial charge >= 0.3 is 12.1 Å². The van der Waals surface area contributed by atoms with E-state index in [9.17, 15) is 23.1 Å². The minimum Gasteiger partial charge on any atom is -0.477 e. The van der Waals surface area contributed by atoms with Gasteiger partial charge in [-0.2, -0.15) is 4.31 Å². The quantitative estimate of drug-likeness (QED) is 0.586.